The van der Waals surface area contributed by atoms with Gasteiger partial charge in [0, 0.05) is 39.3 Å². The van der Waals surface area contributed by atoms with Gasteiger partial charge in [-0.25, -0.2) is 0 Å². The van der Waals surface area contributed by atoms with Crippen molar-refractivity contribution in [2.45, 2.75) is 132 Å². The molecule has 0 atom stereocenters. The molecule has 0 saturated carbocycles. The van der Waals surface area contributed by atoms with Gasteiger partial charge in [0.05, 0.1) is 39.3 Å². The fraction of sp³-hybridized carbons (Fsp3) is 0.810. The predicted octanol–water partition coefficient (Wildman–Crippen LogP) is 1.90. The van der Waals surface area contributed by atoms with E-state index in [9.17, 15) is 48.6 Å². The maximum Gasteiger partial charge on any atom is 0.323 e. The van der Waals surface area contributed by atoms with E-state index in [0.29, 0.717) is 4.90 Å². The molecule has 20 heteroatoms. The molecule has 0 aromatic heterocycles. The largest absolute Gasteiger partial charge is 0.480 e. The molecule has 0 spiro atoms. The lowest BCUT2D eigenvalue weighted by atomic mass is 10.2. The first-order valence-electron chi connectivity index (χ1n) is 20.6. The monoisotopic (exact) mass is 890 g/mol. The molecular weight excluding hydrogens is 814 g/mol. The topological polar surface area (TPSA) is 239 Å². The van der Waals surface area contributed by atoms with Gasteiger partial charge in [-0.15, -0.1) is 0 Å². The van der Waals surface area contributed by atoms with E-state index in [1.807, 2.05) is 4.90 Å². The number of hydrogen-bond acceptors (Lipinski definition) is 17. The molecule has 0 fully saturated rings. The second kappa shape index (κ2) is 25.0. The second-order valence-corrected chi connectivity index (χ2v) is 19.9. The molecule has 0 radical (unpaired) electrons. The highest BCUT2D eigenvalue weighted by Crippen LogP contribution is 2.13. The van der Waals surface area contributed by atoms with Crippen molar-refractivity contribution in [3.63, 3.8) is 0 Å². The van der Waals surface area contributed by atoms with E-state index in [1.165, 1.54) is 4.90 Å². The molecule has 0 aliphatic rings. The van der Waals surface area contributed by atoms with Crippen molar-refractivity contribution >= 4 is 47.7 Å². The normalized spacial score (nSPS) is 12.6. The molecule has 20 nitrogen and oxygen atoms in total. The molecule has 358 valence electrons. The number of carboxylic acid groups (broad SMARTS) is 2. The van der Waals surface area contributed by atoms with E-state index in [2.05, 4.69) is 0 Å². The summed E-state index contributed by atoms with van der Waals surface area (Å²) in [7, 11) is 0. The summed E-state index contributed by atoms with van der Waals surface area (Å²) in [4.78, 5) is 109. The number of amides is 1. The number of carboxylic acids is 2. The van der Waals surface area contributed by atoms with E-state index in [0.717, 1.165) is 0 Å². The van der Waals surface area contributed by atoms with E-state index in [-0.39, 0.29) is 65.4 Å². The molecule has 0 aromatic rings. The van der Waals surface area contributed by atoms with E-state index in [4.69, 9.17) is 23.7 Å². The van der Waals surface area contributed by atoms with Crippen molar-refractivity contribution < 1.29 is 72.3 Å². The van der Waals surface area contributed by atoms with Crippen LogP contribution in [0.2, 0.25) is 0 Å². The number of ether oxygens (including phenoxy) is 5. The van der Waals surface area contributed by atoms with Crippen molar-refractivity contribution in [3.05, 3.63) is 0 Å². The number of hydrogen-bond donors (Lipinski definition) is 2. The van der Waals surface area contributed by atoms with Crippen LogP contribution in [-0.4, -0.2) is 202 Å². The average Bonchev–Trinajstić information content (AvgIpc) is 2.98. The number of aliphatic carboxylic acids is 2. The highest BCUT2D eigenvalue weighted by atomic mass is 16.6. The fourth-order valence-electron chi connectivity index (χ4n) is 5.46. The Morgan fingerprint density at radius 2 is 0.516 bits per heavy atom. The number of carbonyl (C=O) groups is 8. The van der Waals surface area contributed by atoms with Gasteiger partial charge in [-0.1, -0.05) is 0 Å². The molecule has 0 bridgehead atoms. The van der Waals surface area contributed by atoms with Crippen LogP contribution in [0.4, 0.5) is 0 Å². The van der Waals surface area contributed by atoms with Gasteiger partial charge in [0.25, 0.3) is 0 Å². The number of esters is 5. The summed E-state index contributed by atoms with van der Waals surface area (Å²) in [5, 5.41) is 18.7. The number of nitrogens with zero attached hydrogens (tertiary/aromatic N) is 5. The van der Waals surface area contributed by atoms with Crippen LogP contribution in [0.25, 0.3) is 0 Å². The standard InChI is InChI=1S/C42H75N5O15/c1-38(2,3)58-33(53)25-44(22-30(48)47(23-31(49)50)24-32(51)52)19-16-43(17-20-45(26-34(54)59-39(4,5)6)27-35(55)60-40(7,8)9)18-21-46(28-36(56)61-41(10,11)12)29-37(57)62-42(13,14)15/h16-29H2,1-15H3,(H,49,50)(H,51,52). The third-order valence-electron chi connectivity index (χ3n) is 7.42. The zero-order valence-corrected chi connectivity index (χ0v) is 39.8. The molecule has 0 unspecified atom stereocenters. The van der Waals surface area contributed by atoms with Gasteiger partial charge >= 0.3 is 41.8 Å². The van der Waals surface area contributed by atoms with Crippen LogP contribution in [0.3, 0.4) is 0 Å². The van der Waals surface area contributed by atoms with Gasteiger partial charge in [0.15, 0.2) is 0 Å². The quantitative estimate of drug-likeness (QED) is 0.0983. The lowest BCUT2D eigenvalue weighted by Gasteiger charge is -2.32. The first-order chi connectivity index (χ1) is 27.9. The van der Waals surface area contributed by atoms with Crippen LogP contribution in [0.15, 0.2) is 0 Å². The zero-order valence-electron chi connectivity index (χ0n) is 39.8. The van der Waals surface area contributed by atoms with Crippen molar-refractivity contribution in [1.82, 2.24) is 24.5 Å². The maximum absolute atomic E-state index is 13.4. The van der Waals surface area contributed by atoms with Gasteiger partial charge in [0.1, 0.15) is 41.1 Å². The zero-order chi connectivity index (χ0) is 48.4. The van der Waals surface area contributed by atoms with Crippen molar-refractivity contribution in [2.24, 2.45) is 0 Å². The smallest absolute Gasteiger partial charge is 0.323 e. The molecule has 0 rings (SSSR count). The Morgan fingerprint density at radius 1 is 0.323 bits per heavy atom. The minimum absolute atomic E-state index is 0.0325. The highest BCUT2D eigenvalue weighted by molar-refractivity contribution is 5.86. The lowest BCUT2D eigenvalue weighted by Crippen LogP contribution is -2.50. The first kappa shape index (κ1) is 57.6. The summed E-state index contributed by atoms with van der Waals surface area (Å²) >= 11 is 0. The summed E-state index contributed by atoms with van der Waals surface area (Å²) in [5.74, 6) is -6.83. The summed E-state index contributed by atoms with van der Waals surface area (Å²) in [6, 6.07) is 0. The predicted molar refractivity (Wildman–Crippen MR) is 227 cm³/mol. The van der Waals surface area contributed by atoms with Gasteiger partial charge in [0.2, 0.25) is 5.91 Å². The molecule has 0 aliphatic carbocycles. The molecule has 0 saturated heterocycles. The molecule has 2 N–H and O–H groups in total. The number of carbonyl (C=O) groups excluding carboxylic acids is 6. The van der Waals surface area contributed by atoms with E-state index >= 15 is 0 Å². The summed E-state index contributed by atoms with van der Waals surface area (Å²) in [6.45, 7) is 22.1. The van der Waals surface area contributed by atoms with Crippen LogP contribution >= 0.6 is 0 Å². The van der Waals surface area contributed by atoms with Crippen molar-refractivity contribution in [3.8, 4) is 0 Å². The van der Waals surface area contributed by atoms with Gasteiger partial charge in [-0.3, -0.25) is 58.0 Å². The Morgan fingerprint density at radius 3 is 0.710 bits per heavy atom. The van der Waals surface area contributed by atoms with Gasteiger partial charge in [-0.05, 0) is 104 Å². The van der Waals surface area contributed by atoms with E-state index < -0.39 is 102 Å². The molecular formula is C42H75N5O15. The van der Waals surface area contributed by atoms with Crippen LogP contribution in [0, 0.1) is 0 Å². The number of rotatable bonds is 25. The molecule has 62 heavy (non-hydrogen) atoms. The Hall–Kier alpha value is -4.40. The van der Waals surface area contributed by atoms with Crippen LogP contribution < -0.4 is 0 Å². The second-order valence-electron chi connectivity index (χ2n) is 19.9. The minimum Gasteiger partial charge on any atom is -0.480 e. The molecule has 0 aromatic carbocycles. The van der Waals surface area contributed by atoms with Crippen molar-refractivity contribution in [2.75, 3.05) is 91.6 Å². The van der Waals surface area contributed by atoms with Crippen LogP contribution in [-0.2, 0) is 62.0 Å². The van der Waals surface area contributed by atoms with Crippen LogP contribution in [0.5, 0.6) is 0 Å². The summed E-state index contributed by atoms with van der Waals surface area (Å²) in [6.07, 6.45) is 0. The van der Waals surface area contributed by atoms with Gasteiger partial charge < -0.3 is 38.8 Å². The summed E-state index contributed by atoms with van der Waals surface area (Å²) < 4.78 is 27.6. The highest BCUT2D eigenvalue weighted by Gasteiger charge is 2.29. The molecule has 1 amide bonds. The summed E-state index contributed by atoms with van der Waals surface area (Å²) in [5.41, 5.74) is -4.15. The SMILES string of the molecule is CC(C)(C)OC(=O)CN(CCN(CCN(CC(=O)OC(C)(C)C)CC(=O)OC(C)(C)C)CCN(CC(=O)OC(C)(C)C)CC(=O)N(CC(=O)O)CC(=O)O)CC(=O)OC(C)(C)C. The Balaban J connectivity index is 6.95. The maximum atomic E-state index is 13.4. The Bertz CT molecular complexity index is 1370. The first-order valence-corrected chi connectivity index (χ1v) is 20.6. The lowest BCUT2D eigenvalue weighted by molar-refractivity contribution is -0.162. The molecule has 0 aliphatic heterocycles. The minimum atomic E-state index is -1.44. The fourth-order valence-corrected chi connectivity index (χ4v) is 5.46. The molecule has 0 heterocycles. The average molecular weight is 890 g/mol. The van der Waals surface area contributed by atoms with Crippen molar-refractivity contribution in [1.29, 1.82) is 0 Å². The third-order valence-corrected chi connectivity index (χ3v) is 7.42. The Kier molecular flexibility index (Phi) is 23.3. The third kappa shape index (κ3) is 32.3. The van der Waals surface area contributed by atoms with Crippen LogP contribution in [0.1, 0.15) is 104 Å². The van der Waals surface area contributed by atoms with Gasteiger partial charge in [-0.2, -0.15) is 0 Å². The Labute approximate surface area is 367 Å². The van der Waals surface area contributed by atoms with E-state index in [1.54, 1.807) is 114 Å².